The molecule has 168 valence electrons. The van der Waals surface area contributed by atoms with Gasteiger partial charge < -0.3 is 4.57 Å². The maximum absolute atomic E-state index is 13.2. The van der Waals surface area contributed by atoms with E-state index in [-0.39, 0.29) is 17.7 Å². The van der Waals surface area contributed by atoms with E-state index >= 15 is 0 Å². The molecule has 0 saturated carbocycles. The molecule has 4 aromatic rings. The van der Waals surface area contributed by atoms with Gasteiger partial charge in [0.2, 0.25) is 0 Å². The minimum absolute atomic E-state index is 0.184. The summed E-state index contributed by atoms with van der Waals surface area (Å²) in [6.07, 6.45) is 1.50. The van der Waals surface area contributed by atoms with Crippen molar-refractivity contribution in [2.45, 2.75) is 26.6 Å². The first-order valence-electron chi connectivity index (χ1n) is 10.4. The number of rotatable bonds is 6. The topological polar surface area (TPSA) is 120 Å². The van der Waals surface area contributed by atoms with Gasteiger partial charge in [0, 0.05) is 12.1 Å². The van der Waals surface area contributed by atoms with E-state index in [1.54, 1.807) is 34.9 Å². The summed E-state index contributed by atoms with van der Waals surface area (Å²) < 4.78 is 3.85. The third-order valence-electron chi connectivity index (χ3n) is 5.16. The summed E-state index contributed by atoms with van der Waals surface area (Å²) in [6, 6.07) is 17.6. The molecule has 4 rings (SSSR count). The number of amides is 2. The van der Waals surface area contributed by atoms with Gasteiger partial charge in [-0.25, -0.2) is 14.3 Å². The molecule has 2 N–H and O–H groups in total. The van der Waals surface area contributed by atoms with Crippen molar-refractivity contribution in [1.29, 1.82) is 0 Å². The second-order valence-corrected chi connectivity index (χ2v) is 7.32. The molecule has 10 nitrogen and oxygen atoms in total. The summed E-state index contributed by atoms with van der Waals surface area (Å²) in [5, 5.41) is 0. The molecule has 2 aromatic heterocycles. The maximum atomic E-state index is 13.2. The van der Waals surface area contributed by atoms with Gasteiger partial charge >= 0.3 is 5.69 Å². The normalized spacial score (nSPS) is 10.8. The molecule has 2 amide bonds. The highest BCUT2D eigenvalue weighted by molar-refractivity contribution is 5.95. The molecule has 33 heavy (non-hydrogen) atoms. The van der Waals surface area contributed by atoms with Crippen LogP contribution in [0.25, 0.3) is 11.2 Å². The first-order chi connectivity index (χ1) is 16.0. The van der Waals surface area contributed by atoms with Crippen molar-refractivity contribution in [1.82, 2.24) is 29.5 Å². The van der Waals surface area contributed by atoms with Crippen molar-refractivity contribution < 1.29 is 9.59 Å². The maximum Gasteiger partial charge on any atom is 0.333 e. The Labute approximate surface area is 188 Å². The Hall–Kier alpha value is -4.47. The van der Waals surface area contributed by atoms with Crippen LogP contribution in [0.2, 0.25) is 0 Å². The van der Waals surface area contributed by atoms with Gasteiger partial charge in [-0.2, -0.15) is 0 Å². The number of hydrogen-bond acceptors (Lipinski definition) is 5. The van der Waals surface area contributed by atoms with Gasteiger partial charge in [0.15, 0.2) is 11.2 Å². The fraction of sp³-hybridized carbons (Fsp3) is 0.174. The van der Waals surface area contributed by atoms with E-state index in [1.165, 1.54) is 10.9 Å². The second-order valence-electron chi connectivity index (χ2n) is 7.32. The SMILES string of the molecule is CCn1cnc2c1c(=O)n(CC(=O)NNC(=O)c1ccccc1)c(=O)n2Cc1ccccc1. The van der Waals surface area contributed by atoms with Gasteiger partial charge in [-0.1, -0.05) is 48.5 Å². The molecule has 0 aliphatic heterocycles. The number of nitrogens with one attached hydrogen (secondary N) is 2. The summed E-state index contributed by atoms with van der Waals surface area (Å²) in [5.74, 6) is -1.23. The standard InChI is InChI=1S/C23H22N6O4/c1-2-27-15-24-20-19(27)22(32)29(23(33)28(20)13-16-9-5-3-6-10-16)14-18(30)25-26-21(31)17-11-7-4-8-12-17/h3-12,15H,2,13-14H2,1H3,(H,25,30)(H,26,31). The number of benzene rings is 2. The number of aromatic nitrogens is 4. The van der Waals surface area contributed by atoms with Gasteiger partial charge in [-0.05, 0) is 24.6 Å². The number of imidazole rings is 1. The van der Waals surface area contributed by atoms with E-state index < -0.39 is 29.6 Å². The number of carbonyl (C=O) groups excluding carboxylic acids is 2. The highest BCUT2D eigenvalue weighted by Gasteiger charge is 2.20. The molecule has 0 saturated heterocycles. The molecule has 0 aliphatic carbocycles. The number of fused-ring (bicyclic) bond motifs is 1. The van der Waals surface area contributed by atoms with Crippen molar-refractivity contribution in [3.05, 3.63) is 99.0 Å². The molecule has 0 aliphatic rings. The molecule has 0 fully saturated rings. The third-order valence-corrected chi connectivity index (χ3v) is 5.16. The van der Waals surface area contributed by atoms with Gasteiger partial charge in [0.05, 0.1) is 12.9 Å². The van der Waals surface area contributed by atoms with Gasteiger partial charge in [0.1, 0.15) is 6.54 Å². The zero-order valence-corrected chi connectivity index (χ0v) is 17.9. The lowest BCUT2D eigenvalue weighted by atomic mass is 10.2. The average molecular weight is 446 g/mol. The Morgan fingerprint density at radius 3 is 2.24 bits per heavy atom. The van der Waals surface area contributed by atoms with Crippen molar-refractivity contribution >= 4 is 23.0 Å². The van der Waals surface area contributed by atoms with E-state index in [4.69, 9.17) is 0 Å². The fourth-order valence-corrected chi connectivity index (χ4v) is 3.50. The van der Waals surface area contributed by atoms with E-state index in [9.17, 15) is 19.2 Å². The highest BCUT2D eigenvalue weighted by Crippen LogP contribution is 2.09. The van der Waals surface area contributed by atoms with Crippen molar-refractivity contribution in [2.24, 2.45) is 0 Å². The number of aryl methyl sites for hydroxylation is 1. The molecule has 0 bridgehead atoms. The van der Waals surface area contributed by atoms with E-state index in [2.05, 4.69) is 15.8 Å². The quantitative estimate of drug-likeness (QED) is 0.426. The van der Waals surface area contributed by atoms with Crippen LogP contribution >= 0.6 is 0 Å². The summed E-state index contributed by atoms with van der Waals surface area (Å²) >= 11 is 0. The molecule has 0 radical (unpaired) electrons. The molecule has 10 heteroatoms. The van der Waals surface area contributed by atoms with Gasteiger partial charge in [0.25, 0.3) is 17.4 Å². The molecule has 0 unspecified atom stereocenters. The lowest BCUT2D eigenvalue weighted by Crippen LogP contribution is -2.48. The minimum Gasteiger partial charge on any atom is -0.325 e. The lowest BCUT2D eigenvalue weighted by molar-refractivity contribution is -0.122. The zero-order valence-electron chi connectivity index (χ0n) is 17.9. The molecule has 2 heterocycles. The average Bonchev–Trinajstić information content (AvgIpc) is 3.28. The molecular weight excluding hydrogens is 424 g/mol. The van der Waals surface area contributed by atoms with Crippen LogP contribution in [0.3, 0.4) is 0 Å². The molecule has 0 atom stereocenters. The highest BCUT2D eigenvalue weighted by atomic mass is 16.2. The van der Waals surface area contributed by atoms with Gasteiger partial charge in [-0.3, -0.25) is 29.8 Å². The summed E-state index contributed by atoms with van der Waals surface area (Å²) in [4.78, 5) is 55.2. The summed E-state index contributed by atoms with van der Waals surface area (Å²) in [6.45, 7) is 1.94. The Balaban J connectivity index is 1.65. The van der Waals surface area contributed by atoms with Crippen LogP contribution in [-0.4, -0.2) is 30.5 Å². The first-order valence-corrected chi connectivity index (χ1v) is 10.4. The predicted molar refractivity (Wildman–Crippen MR) is 122 cm³/mol. The third kappa shape index (κ3) is 4.45. The summed E-state index contributed by atoms with van der Waals surface area (Å²) in [5.41, 5.74) is 4.94. The van der Waals surface area contributed by atoms with Crippen LogP contribution in [0.4, 0.5) is 0 Å². The number of hydrazine groups is 1. The Morgan fingerprint density at radius 1 is 0.909 bits per heavy atom. The second kappa shape index (κ2) is 9.35. The van der Waals surface area contributed by atoms with Crippen LogP contribution in [0.15, 0.2) is 76.6 Å². The van der Waals surface area contributed by atoms with Crippen LogP contribution < -0.4 is 22.1 Å². The monoisotopic (exact) mass is 446 g/mol. The van der Waals surface area contributed by atoms with E-state index in [1.807, 2.05) is 37.3 Å². The predicted octanol–water partition coefficient (Wildman–Crippen LogP) is 0.889. The number of carbonyl (C=O) groups is 2. The fourth-order valence-electron chi connectivity index (χ4n) is 3.50. The van der Waals surface area contributed by atoms with Crippen LogP contribution in [0.1, 0.15) is 22.8 Å². The minimum atomic E-state index is -0.716. The smallest absolute Gasteiger partial charge is 0.325 e. The van der Waals surface area contributed by atoms with Crippen molar-refractivity contribution in [3.8, 4) is 0 Å². The van der Waals surface area contributed by atoms with Crippen LogP contribution in [-0.2, 0) is 24.4 Å². The van der Waals surface area contributed by atoms with Crippen LogP contribution in [0.5, 0.6) is 0 Å². The Morgan fingerprint density at radius 2 is 1.58 bits per heavy atom. The molecular formula is C23H22N6O4. The summed E-state index contributed by atoms with van der Waals surface area (Å²) in [7, 11) is 0. The Bertz CT molecular complexity index is 1420. The van der Waals surface area contributed by atoms with Crippen molar-refractivity contribution in [2.75, 3.05) is 0 Å². The largest absolute Gasteiger partial charge is 0.333 e. The molecule has 0 spiro atoms. The van der Waals surface area contributed by atoms with E-state index in [0.717, 1.165) is 10.1 Å². The number of hydrogen-bond donors (Lipinski definition) is 2. The Kier molecular flexibility index (Phi) is 6.16. The van der Waals surface area contributed by atoms with E-state index in [0.29, 0.717) is 12.1 Å². The zero-order chi connectivity index (χ0) is 23.4. The first kappa shape index (κ1) is 21.8. The van der Waals surface area contributed by atoms with Crippen LogP contribution in [0, 0.1) is 0 Å². The van der Waals surface area contributed by atoms with Crippen molar-refractivity contribution in [3.63, 3.8) is 0 Å². The van der Waals surface area contributed by atoms with Gasteiger partial charge in [-0.15, -0.1) is 0 Å². The molecule has 2 aromatic carbocycles. The number of nitrogens with zero attached hydrogens (tertiary/aromatic N) is 4. The lowest BCUT2D eigenvalue weighted by Gasteiger charge is -2.13.